The highest BCUT2D eigenvalue weighted by Gasteiger charge is 2.12. The molecular formula is C20H14Cl2N2O6. The van der Waals surface area contributed by atoms with Crippen molar-refractivity contribution in [1.29, 1.82) is 0 Å². The Bertz CT molecular complexity index is 1020. The van der Waals surface area contributed by atoms with Crippen LogP contribution in [0.5, 0.6) is 11.5 Å². The largest absolute Gasteiger partial charge is 0.487 e. The molecule has 0 radical (unpaired) electrons. The van der Waals surface area contributed by atoms with Gasteiger partial charge in [-0.3, -0.25) is 20.2 Å². The minimum absolute atomic E-state index is 0.114. The van der Waals surface area contributed by atoms with Crippen LogP contribution in [0.4, 0.5) is 11.4 Å². The summed E-state index contributed by atoms with van der Waals surface area (Å²) >= 11 is 12.1. The number of benzene rings is 3. The number of nitro benzene ring substituents is 2. The Morgan fingerprint density at radius 1 is 0.700 bits per heavy atom. The van der Waals surface area contributed by atoms with Gasteiger partial charge in [-0.25, -0.2) is 0 Å². The molecule has 0 bridgehead atoms. The van der Waals surface area contributed by atoms with Gasteiger partial charge < -0.3 is 9.47 Å². The number of ether oxygens (including phenoxy) is 2. The molecule has 0 saturated heterocycles. The summed E-state index contributed by atoms with van der Waals surface area (Å²) < 4.78 is 11.3. The first-order valence-corrected chi connectivity index (χ1v) is 9.30. The molecule has 0 heterocycles. The first-order valence-electron chi connectivity index (χ1n) is 8.55. The summed E-state index contributed by atoms with van der Waals surface area (Å²) in [5, 5.41) is 21.8. The van der Waals surface area contributed by atoms with E-state index in [0.29, 0.717) is 11.5 Å². The predicted molar refractivity (Wildman–Crippen MR) is 111 cm³/mol. The van der Waals surface area contributed by atoms with Gasteiger partial charge in [0.15, 0.2) is 0 Å². The van der Waals surface area contributed by atoms with Gasteiger partial charge in [-0.2, -0.15) is 0 Å². The van der Waals surface area contributed by atoms with Crippen LogP contribution in [0, 0.1) is 20.2 Å². The number of nitrogens with zero attached hydrogens (tertiary/aromatic N) is 2. The third-order valence-corrected chi connectivity index (χ3v) is 4.62. The number of nitro groups is 2. The number of halogens is 2. The fraction of sp³-hybridized carbons (Fsp3) is 0.100. The second-order valence-electron chi connectivity index (χ2n) is 6.14. The monoisotopic (exact) mass is 448 g/mol. The fourth-order valence-electron chi connectivity index (χ4n) is 2.57. The summed E-state index contributed by atoms with van der Waals surface area (Å²) in [5.74, 6) is 0.670. The highest BCUT2D eigenvalue weighted by Crippen LogP contribution is 2.30. The maximum absolute atomic E-state index is 10.8. The third kappa shape index (κ3) is 5.37. The quantitative estimate of drug-likeness (QED) is 0.310. The van der Waals surface area contributed by atoms with Gasteiger partial charge in [0.05, 0.1) is 19.9 Å². The van der Waals surface area contributed by atoms with E-state index in [1.807, 2.05) is 24.3 Å². The Kier molecular flexibility index (Phi) is 6.71. The number of rotatable bonds is 8. The molecule has 0 aliphatic carbocycles. The van der Waals surface area contributed by atoms with E-state index in [1.54, 1.807) is 0 Å². The Morgan fingerprint density at radius 2 is 1.13 bits per heavy atom. The third-order valence-electron chi connectivity index (χ3n) is 4.03. The average molecular weight is 449 g/mol. The molecule has 0 unspecified atom stereocenters. The van der Waals surface area contributed by atoms with E-state index in [2.05, 4.69) is 0 Å². The van der Waals surface area contributed by atoms with Crippen molar-refractivity contribution in [3.05, 3.63) is 102 Å². The van der Waals surface area contributed by atoms with Crippen molar-refractivity contribution in [1.82, 2.24) is 0 Å². The molecule has 0 atom stereocenters. The smallest absolute Gasteiger partial charge is 0.271 e. The van der Waals surface area contributed by atoms with Gasteiger partial charge in [0, 0.05) is 24.3 Å². The van der Waals surface area contributed by atoms with E-state index >= 15 is 0 Å². The second-order valence-corrected chi connectivity index (χ2v) is 6.96. The van der Waals surface area contributed by atoms with Crippen molar-refractivity contribution in [3.8, 4) is 11.5 Å². The topological polar surface area (TPSA) is 105 Å². The summed E-state index contributed by atoms with van der Waals surface area (Å²) in [6.07, 6.45) is 0. The van der Waals surface area contributed by atoms with Crippen LogP contribution in [0.15, 0.2) is 60.7 Å². The van der Waals surface area contributed by atoms with E-state index in [9.17, 15) is 20.2 Å². The molecular weight excluding hydrogens is 435 g/mol. The van der Waals surface area contributed by atoms with Crippen LogP contribution in [0.1, 0.15) is 11.1 Å². The van der Waals surface area contributed by atoms with E-state index in [-0.39, 0.29) is 34.6 Å². The Balaban J connectivity index is 1.62. The lowest BCUT2D eigenvalue weighted by molar-refractivity contribution is -0.385. The molecule has 10 heteroatoms. The average Bonchev–Trinajstić information content (AvgIpc) is 2.72. The van der Waals surface area contributed by atoms with E-state index < -0.39 is 9.85 Å². The molecule has 3 aromatic carbocycles. The fourth-order valence-corrected chi connectivity index (χ4v) is 3.03. The Morgan fingerprint density at radius 3 is 1.50 bits per heavy atom. The van der Waals surface area contributed by atoms with Gasteiger partial charge in [0.25, 0.3) is 11.4 Å². The molecule has 0 aliphatic rings. The molecule has 30 heavy (non-hydrogen) atoms. The highest BCUT2D eigenvalue weighted by atomic mass is 35.5. The van der Waals surface area contributed by atoms with Crippen LogP contribution >= 0.6 is 23.2 Å². The van der Waals surface area contributed by atoms with Crippen LogP contribution in [0.3, 0.4) is 0 Å². The zero-order valence-electron chi connectivity index (χ0n) is 15.3. The maximum Gasteiger partial charge on any atom is 0.271 e. The first kappa shape index (κ1) is 21.4. The normalized spacial score (nSPS) is 10.5. The molecule has 3 rings (SSSR count). The molecule has 0 spiro atoms. The minimum atomic E-state index is -0.531. The summed E-state index contributed by atoms with van der Waals surface area (Å²) in [5.41, 5.74) is 1.44. The van der Waals surface area contributed by atoms with Gasteiger partial charge in [0.2, 0.25) is 0 Å². The summed E-state index contributed by atoms with van der Waals surface area (Å²) in [6, 6.07) is 15.4. The van der Waals surface area contributed by atoms with Crippen molar-refractivity contribution in [2.24, 2.45) is 0 Å². The van der Waals surface area contributed by atoms with Crippen LogP contribution in [0.2, 0.25) is 10.0 Å². The predicted octanol–water partition coefficient (Wildman–Crippen LogP) is 5.97. The highest BCUT2D eigenvalue weighted by molar-refractivity contribution is 6.32. The zero-order chi connectivity index (χ0) is 21.7. The number of hydrogen-bond acceptors (Lipinski definition) is 6. The van der Waals surface area contributed by atoms with E-state index in [4.69, 9.17) is 32.7 Å². The SMILES string of the molecule is O=[N+]([O-])c1ccc(OCc2cccc(COc3ccc([N+](=O)[O-])cc3Cl)c2)c(Cl)c1. The Hall–Kier alpha value is -3.36. The standard InChI is InChI=1S/C20H14Cl2N2O6/c21-17-9-15(23(25)26)4-6-19(17)29-11-13-2-1-3-14(8-13)12-30-20-7-5-16(24(27)28)10-18(20)22/h1-10H,11-12H2. The van der Waals surface area contributed by atoms with Crippen LogP contribution in [-0.4, -0.2) is 9.85 Å². The maximum atomic E-state index is 10.8. The van der Waals surface area contributed by atoms with Crippen molar-refractivity contribution in [3.63, 3.8) is 0 Å². The van der Waals surface area contributed by atoms with Crippen molar-refractivity contribution < 1.29 is 19.3 Å². The lowest BCUT2D eigenvalue weighted by Gasteiger charge is -2.11. The van der Waals surface area contributed by atoms with Crippen molar-refractivity contribution in [2.45, 2.75) is 13.2 Å². The number of non-ortho nitro benzene ring substituents is 2. The summed E-state index contributed by atoms with van der Waals surface area (Å²) in [4.78, 5) is 20.5. The Labute approximate surface area is 180 Å². The molecule has 8 nitrogen and oxygen atoms in total. The van der Waals surface area contributed by atoms with Crippen LogP contribution in [-0.2, 0) is 13.2 Å². The first-order chi connectivity index (χ1) is 14.3. The molecule has 0 saturated carbocycles. The van der Waals surface area contributed by atoms with Crippen molar-refractivity contribution in [2.75, 3.05) is 0 Å². The van der Waals surface area contributed by atoms with Gasteiger partial charge in [0.1, 0.15) is 24.7 Å². The van der Waals surface area contributed by atoms with Crippen LogP contribution in [0.25, 0.3) is 0 Å². The minimum Gasteiger partial charge on any atom is -0.487 e. The van der Waals surface area contributed by atoms with Gasteiger partial charge in [-0.15, -0.1) is 0 Å². The molecule has 3 aromatic rings. The van der Waals surface area contributed by atoms with E-state index in [0.717, 1.165) is 11.1 Å². The summed E-state index contributed by atoms with van der Waals surface area (Å²) in [7, 11) is 0. The molecule has 0 aromatic heterocycles. The van der Waals surface area contributed by atoms with Gasteiger partial charge in [-0.1, -0.05) is 41.4 Å². The van der Waals surface area contributed by atoms with Gasteiger partial charge in [-0.05, 0) is 29.3 Å². The van der Waals surface area contributed by atoms with E-state index in [1.165, 1.54) is 36.4 Å². The molecule has 0 aliphatic heterocycles. The lowest BCUT2D eigenvalue weighted by atomic mass is 10.1. The lowest BCUT2D eigenvalue weighted by Crippen LogP contribution is -2.00. The van der Waals surface area contributed by atoms with Crippen LogP contribution < -0.4 is 9.47 Å². The zero-order valence-corrected chi connectivity index (χ0v) is 16.8. The molecule has 0 fully saturated rings. The molecule has 154 valence electrons. The summed E-state index contributed by atoms with van der Waals surface area (Å²) in [6.45, 7) is 0.396. The molecule has 0 N–H and O–H groups in total. The van der Waals surface area contributed by atoms with Gasteiger partial charge >= 0.3 is 0 Å². The van der Waals surface area contributed by atoms with Crippen molar-refractivity contribution >= 4 is 34.6 Å². The second kappa shape index (κ2) is 9.43. The number of hydrogen-bond donors (Lipinski definition) is 0. The molecule has 0 amide bonds.